The molecule has 0 saturated heterocycles. The van der Waals surface area contributed by atoms with Crippen molar-refractivity contribution in [3.63, 3.8) is 0 Å². The van der Waals surface area contributed by atoms with Gasteiger partial charge in [-0.3, -0.25) is 4.98 Å². The molecule has 0 aliphatic heterocycles. The average Bonchev–Trinajstić information content (AvgIpc) is 3.51. The van der Waals surface area contributed by atoms with Crippen LogP contribution in [0.3, 0.4) is 0 Å². The Morgan fingerprint density at radius 1 is 0.571 bits per heavy atom. The van der Waals surface area contributed by atoms with Crippen LogP contribution in [0.1, 0.15) is 50.7 Å². The van der Waals surface area contributed by atoms with Crippen LogP contribution in [0.25, 0.3) is 50.5 Å². The Morgan fingerprint density at radius 3 is 1.52 bits per heavy atom. The van der Waals surface area contributed by atoms with E-state index in [1.54, 1.807) is 0 Å². The van der Waals surface area contributed by atoms with Crippen LogP contribution >= 0.6 is 0 Å². The molecule has 6 rings (SSSR count). The van der Waals surface area contributed by atoms with Crippen LogP contribution in [0, 0.1) is 6.07 Å². The van der Waals surface area contributed by atoms with Crippen LogP contribution in [0.4, 0.5) is 0 Å². The van der Waals surface area contributed by atoms with E-state index in [4.69, 9.17) is 4.98 Å². The second-order valence-corrected chi connectivity index (χ2v) is 11.2. The standard InChI is InChI=1S/C39H35N2.Ir/c1-27(2)36-25-35(26-37(28(3)4)38(36)41-21-20-40-39(41)31-18-12-7-13-19-31)34-23-32(29-14-8-5-9-15-29)22-33(24-34)30-16-10-6-11-17-30;/h5-18,20-28H,1-4H3;/q-1;. The first-order valence-corrected chi connectivity index (χ1v) is 14.4. The zero-order valence-electron chi connectivity index (χ0n) is 24.5. The van der Waals surface area contributed by atoms with E-state index in [9.17, 15) is 0 Å². The maximum Gasteiger partial charge on any atom is 0.0602 e. The van der Waals surface area contributed by atoms with E-state index in [0.717, 1.165) is 11.4 Å². The molecular weight excluding hydrogens is 689 g/mol. The second-order valence-electron chi connectivity index (χ2n) is 11.2. The maximum atomic E-state index is 4.77. The molecule has 211 valence electrons. The molecule has 0 aliphatic carbocycles. The number of aromatic nitrogens is 2. The Balaban J connectivity index is 0.00000353. The molecule has 0 fully saturated rings. The van der Waals surface area contributed by atoms with Crippen molar-refractivity contribution in [1.82, 2.24) is 9.55 Å². The third-order valence-corrected chi connectivity index (χ3v) is 7.73. The summed E-state index contributed by atoms with van der Waals surface area (Å²) in [6.07, 6.45) is 3.99. The first-order chi connectivity index (χ1) is 20.0. The Bertz CT molecular complexity index is 1680. The van der Waals surface area contributed by atoms with E-state index >= 15 is 0 Å². The van der Waals surface area contributed by atoms with Gasteiger partial charge >= 0.3 is 0 Å². The summed E-state index contributed by atoms with van der Waals surface area (Å²) < 4.78 is 2.26. The SMILES string of the molecule is CC(C)c1cc(-c2cc(-c3ccccc3)cc(-c3ccccc3)c2)cc(C(C)C)c1-n1ccnc1-c1[c-]cccc1.[Ir]. The number of rotatable bonds is 7. The molecule has 0 atom stereocenters. The molecule has 0 spiro atoms. The van der Waals surface area contributed by atoms with Crippen molar-refractivity contribution in [2.75, 3.05) is 0 Å². The monoisotopic (exact) mass is 724 g/mol. The van der Waals surface area contributed by atoms with E-state index in [0.29, 0.717) is 11.8 Å². The van der Waals surface area contributed by atoms with Crippen LogP contribution in [0.2, 0.25) is 0 Å². The third kappa shape index (κ3) is 5.95. The summed E-state index contributed by atoms with van der Waals surface area (Å²) in [6, 6.07) is 44.6. The van der Waals surface area contributed by atoms with E-state index in [1.807, 2.05) is 24.4 Å². The Labute approximate surface area is 263 Å². The number of imidazole rings is 1. The van der Waals surface area contributed by atoms with Gasteiger partial charge in [0.2, 0.25) is 0 Å². The van der Waals surface area contributed by atoms with E-state index < -0.39 is 0 Å². The molecule has 0 aliphatic rings. The fourth-order valence-electron chi connectivity index (χ4n) is 5.61. The van der Waals surface area contributed by atoms with Crippen LogP contribution in [-0.4, -0.2) is 9.55 Å². The molecule has 1 radical (unpaired) electrons. The topological polar surface area (TPSA) is 17.8 Å². The minimum Gasteiger partial charge on any atom is -0.340 e. The number of nitrogens with zero attached hydrogens (tertiary/aromatic N) is 2. The van der Waals surface area contributed by atoms with Crippen molar-refractivity contribution in [3.8, 4) is 50.5 Å². The van der Waals surface area contributed by atoms with Crippen molar-refractivity contribution >= 4 is 0 Å². The average molecular weight is 724 g/mol. The van der Waals surface area contributed by atoms with Gasteiger partial charge in [0.05, 0.1) is 5.82 Å². The Kier molecular flexibility index (Phi) is 9.02. The maximum absolute atomic E-state index is 4.77. The summed E-state index contributed by atoms with van der Waals surface area (Å²) >= 11 is 0. The first kappa shape index (κ1) is 29.5. The van der Waals surface area contributed by atoms with Gasteiger partial charge in [-0.25, -0.2) is 0 Å². The zero-order valence-corrected chi connectivity index (χ0v) is 26.9. The molecule has 0 saturated carbocycles. The fourth-order valence-corrected chi connectivity index (χ4v) is 5.61. The largest absolute Gasteiger partial charge is 0.340 e. The van der Waals surface area contributed by atoms with Crippen LogP contribution in [0.5, 0.6) is 0 Å². The summed E-state index contributed by atoms with van der Waals surface area (Å²) in [5.74, 6) is 1.56. The third-order valence-electron chi connectivity index (χ3n) is 7.73. The van der Waals surface area contributed by atoms with E-state index in [-0.39, 0.29) is 20.1 Å². The van der Waals surface area contributed by atoms with Crippen molar-refractivity contribution in [3.05, 3.63) is 145 Å². The molecule has 0 bridgehead atoms. The zero-order chi connectivity index (χ0) is 28.3. The quantitative estimate of drug-likeness (QED) is 0.150. The van der Waals surface area contributed by atoms with Crippen LogP contribution in [0.15, 0.2) is 128 Å². The van der Waals surface area contributed by atoms with E-state index in [2.05, 4.69) is 142 Å². The minimum atomic E-state index is 0. The molecule has 0 N–H and O–H groups in total. The van der Waals surface area contributed by atoms with Crippen molar-refractivity contribution < 1.29 is 20.1 Å². The molecule has 5 aromatic carbocycles. The summed E-state index contributed by atoms with van der Waals surface area (Å²) in [4.78, 5) is 4.77. The summed E-state index contributed by atoms with van der Waals surface area (Å²) in [5.41, 5.74) is 12.2. The molecule has 0 amide bonds. The van der Waals surface area contributed by atoms with Crippen molar-refractivity contribution in [1.29, 1.82) is 0 Å². The van der Waals surface area contributed by atoms with Crippen molar-refractivity contribution in [2.24, 2.45) is 0 Å². The molecule has 6 aromatic rings. The van der Waals surface area contributed by atoms with Gasteiger partial charge < -0.3 is 4.57 Å². The predicted octanol–water partition coefficient (Wildman–Crippen LogP) is 10.6. The van der Waals surface area contributed by atoms with Crippen LogP contribution < -0.4 is 0 Å². The smallest absolute Gasteiger partial charge is 0.0602 e. The molecule has 2 nitrogen and oxygen atoms in total. The van der Waals surface area contributed by atoms with Gasteiger partial charge in [-0.15, -0.1) is 35.9 Å². The molecular formula is C39H35IrN2-. The number of benzene rings is 5. The Hall–Kier alpha value is -4.04. The van der Waals surface area contributed by atoms with Gasteiger partial charge in [-0.05, 0) is 86.7 Å². The van der Waals surface area contributed by atoms with Crippen LogP contribution in [-0.2, 0) is 20.1 Å². The van der Waals surface area contributed by atoms with Gasteiger partial charge in [0.25, 0.3) is 0 Å². The molecule has 0 unspecified atom stereocenters. The molecule has 1 heterocycles. The first-order valence-electron chi connectivity index (χ1n) is 14.4. The summed E-state index contributed by atoms with van der Waals surface area (Å²) in [5, 5.41) is 0. The summed E-state index contributed by atoms with van der Waals surface area (Å²) in [7, 11) is 0. The second kappa shape index (κ2) is 12.9. The Morgan fingerprint density at radius 2 is 1.05 bits per heavy atom. The van der Waals surface area contributed by atoms with E-state index in [1.165, 1.54) is 50.2 Å². The number of hydrogen-bond acceptors (Lipinski definition) is 1. The predicted molar refractivity (Wildman–Crippen MR) is 172 cm³/mol. The minimum absolute atomic E-state index is 0. The van der Waals surface area contributed by atoms with Gasteiger partial charge in [0.15, 0.2) is 0 Å². The normalized spacial score (nSPS) is 11.1. The van der Waals surface area contributed by atoms with Crippen molar-refractivity contribution in [2.45, 2.75) is 39.5 Å². The fraction of sp³-hybridized carbons (Fsp3) is 0.154. The van der Waals surface area contributed by atoms with Gasteiger partial charge in [-0.2, -0.15) is 0 Å². The molecule has 1 aromatic heterocycles. The molecule has 3 heteroatoms. The van der Waals surface area contributed by atoms with Gasteiger partial charge in [0, 0.05) is 38.2 Å². The summed E-state index contributed by atoms with van der Waals surface area (Å²) in [6.45, 7) is 9.14. The molecule has 42 heavy (non-hydrogen) atoms. The van der Waals surface area contributed by atoms with Gasteiger partial charge in [-0.1, -0.05) is 88.4 Å². The number of hydrogen-bond donors (Lipinski definition) is 0. The van der Waals surface area contributed by atoms with Gasteiger partial charge in [0.1, 0.15) is 0 Å².